The van der Waals surface area contributed by atoms with Crippen LogP contribution in [0.3, 0.4) is 0 Å². The van der Waals surface area contributed by atoms with E-state index in [9.17, 15) is 0 Å². The lowest BCUT2D eigenvalue weighted by molar-refractivity contribution is 0.105. The van der Waals surface area contributed by atoms with Crippen LogP contribution in [0.1, 0.15) is 32.1 Å². The molecule has 0 radical (unpaired) electrons. The molecule has 4 rings (SSSR count). The van der Waals surface area contributed by atoms with Crippen LogP contribution >= 0.6 is 0 Å². The monoisotopic (exact) mass is 274 g/mol. The number of nitrogens with zero attached hydrogens (tertiary/aromatic N) is 3. The standard InChI is InChI=1S/C16H26N4/c1(7-19-9-6-17-12-19)8-20-11-15(13-2-3-13)18-10-16(20)14-4-5-14/h6,9,12-16,18H,1-5,7-8,10-11H2. The van der Waals surface area contributed by atoms with Crippen LogP contribution in [0, 0.1) is 11.8 Å². The summed E-state index contributed by atoms with van der Waals surface area (Å²) in [6.45, 7) is 4.88. The molecule has 110 valence electrons. The molecule has 2 aliphatic carbocycles. The highest BCUT2D eigenvalue weighted by Crippen LogP contribution is 2.39. The summed E-state index contributed by atoms with van der Waals surface area (Å²) >= 11 is 0. The second kappa shape index (κ2) is 5.49. The molecule has 3 fully saturated rings. The summed E-state index contributed by atoms with van der Waals surface area (Å²) in [7, 11) is 0. The zero-order valence-corrected chi connectivity index (χ0v) is 12.2. The average Bonchev–Trinajstić information content (AvgIpc) is 3.38. The van der Waals surface area contributed by atoms with Crippen molar-refractivity contribution in [3.8, 4) is 0 Å². The number of aromatic nitrogens is 2. The third-order valence-electron chi connectivity index (χ3n) is 5.27. The molecule has 4 heteroatoms. The number of aryl methyl sites for hydroxylation is 1. The third-order valence-corrected chi connectivity index (χ3v) is 5.27. The molecule has 1 aromatic rings. The van der Waals surface area contributed by atoms with E-state index < -0.39 is 0 Å². The van der Waals surface area contributed by atoms with Crippen LogP contribution < -0.4 is 5.32 Å². The van der Waals surface area contributed by atoms with Crippen molar-refractivity contribution in [1.29, 1.82) is 0 Å². The van der Waals surface area contributed by atoms with E-state index >= 15 is 0 Å². The topological polar surface area (TPSA) is 33.1 Å². The smallest absolute Gasteiger partial charge is 0.0945 e. The Kier molecular flexibility index (Phi) is 3.52. The van der Waals surface area contributed by atoms with E-state index in [1.807, 2.05) is 12.5 Å². The lowest BCUT2D eigenvalue weighted by atomic mass is 10.0. The van der Waals surface area contributed by atoms with E-state index in [4.69, 9.17) is 0 Å². The highest BCUT2D eigenvalue weighted by atomic mass is 15.2. The average molecular weight is 274 g/mol. The molecule has 4 nitrogen and oxygen atoms in total. The van der Waals surface area contributed by atoms with Crippen molar-refractivity contribution in [2.45, 2.75) is 50.7 Å². The van der Waals surface area contributed by atoms with Gasteiger partial charge in [0.05, 0.1) is 6.33 Å². The Morgan fingerprint density at radius 1 is 1.10 bits per heavy atom. The number of nitrogens with one attached hydrogen (secondary N) is 1. The molecule has 2 saturated carbocycles. The van der Waals surface area contributed by atoms with Gasteiger partial charge in [-0.3, -0.25) is 4.90 Å². The molecule has 2 unspecified atom stereocenters. The van der Waals surface area contributed by atoms with Gasteiger partial charge in [0.2, 0.25) is 0 Å². The number of piperazine rings is 1. The summed E-state index contributed by atoms with van der Waals surface area (Å²) < 4.78 is 2.20. The lowest BCUT2D eigenvalue weighted by Gasteiger charge is -2.41. The molecule has 1 aliphatic heterocycles. The second-order valence-corrected chi connectivity index (χ2v) is 6.91. The summed E-state index contributed by atoms with van der Waals surface area (Å²) in [5.74, 6) is 1.96. The maximum Gasteiger partial charge on any atom is 0.0945 e. The normalized spacial score (nSPS) is 31.6. The zero-order chi connectivity index (χ0) is 13.4. The van der Waals surface area contributed by atoms with Gasteiger partial charge < -0.3 is 9.88 Å². The van der Waals surface area contributed by atoms with Crippen LogP contribution in [0.25, 0.3) is 0 Å². The predicted molar refractivity (Wildman–Crippen MR) is 79.4 cm³/mol. The highest BCUT2D eigenvalue weighted by Gasteiger charge is 2.42. The Morgan fingerprint density at radius 2 is 1.95 bits per heavy atom. The molecule has 1 saturated heterocycles. The van der Waals surface area contributed by atoms with Gasteiger partial charge >= 0.3 is 0 Å². The minimum atomic E-state index is 0.776. The van der Waals surface area contributed by atoms with Crippen molar-refractivity contribution in [1.82, 2.24) is 19.8 Å². The van der Waals surface area contributed by atoms with Gasteiger partial charge in [0, 0.05) is 50.7 Å². The van der Waals surface area contributed by atoms with E-state index in [-0.39, 0.29) is 0 Å². The van der Waals surface area contributed by atoms with Gasteiger partial charge in [-0.05, 0) is 43.9 Å². The van der Waals surface area contributed by atoms with E-state index in [0.29, 0.717) is 0 Å². The molecular formula is C16H26N4. The largest absolute Gasteiger partial charge is 0.337 e. The Labute approximate surface area is 121 Å². The number of hydrogen-bond donors (Lipinski definition) is 1. The van der Waals surface area contributed by atoms with Gasteiger partial charge in [0.25, 0.3) is 0 Å². The number of imidazole rings is 1. The quantitative estimate of drug-likeness (QED) is 0.858. The Hall–Kier alpha value is -0.870. The maximum atomic E-state index is 4.12. The van der Waals surface area contributed by atoms with Crippen LogP contribution in [0.4, 0.5) is 0 Å². The van der Waals surface area contributed by atoms with Gasteiger partial charge in [-0.1, -0.05) is 0 Å². The van der Waals surface area contributed by atoms with Crippen LogP contribution in [-0.2, 0) is 6.54 Å². The lowest BCUT2D eigenvalue weighted by Crippen LogP contribution is -2.58. The van der Waals surface area contributed by atoms with Crippen molar-refractivity contribution in [3.63, 3.8) is 0 Å². The van der Waals surface area contributed by atoms with Gasteiger partial charge in [-0.2, -0.15) is 0 Å². The van der Waals surface area contributed by atoms with Crippen LogP contribution in [0.15, 0.2) is 18.7 Å². The van der Waals surface area contributed by atoms with Crippen LogP contribution in [-0.4, -0.2) is 46.2 Å². The minimum Gasteiger partial charge on any atom is -0.337 e. The van der Waals surface area contributed by atoms with E-state index in [0.717, 1.165) is 30.5 Å². The van der Waals surface area contributed by atoms with Gasteiger partial charge in [-0.15, -0.1) is 0 Å². The fourth-order valence-corrected chi connectivity index (χ4v) is 3.75. The fraction of sp³-hybridized carbons (Fsp3) is 0.812. The Morgan fingerprint density at radius 3 is 2.65 bits per heavy atom. The molecular weight excluding hydrogens is 248 g/mol. The first-order valence-corrected chi connectivity index (χ1v) is 8.33. The van der Waals surface area contributed by atoms with Crippen LogP contribution in [0.5, 0.6) is 0 Å². The highest BCUT2D eigenvalue weighted by molar-refractivity contribution is 4.99. The van der Waals surface area contributed by atoms with Gasteiger partial charge in [0.1, 0.15) is 0 Å². The van der Waals surface area contributed by atoms with Gasteiger partial charge in [-0.25, -0.2) is 4.98 Å². The first-order valence-electron chi connectivity index (χ1n) is 8.33. The van der Waals surface area contributed by atoms with E-state index in [1.165, 1.54) is 51.7 Å². The Balaban J connectivity index is 1.31. The summed E-state index contributed by atoms with van der Waals surface area (Å²) in [6.07, 6.45) is 12.9. The summed E-state index contributed by atoms with van der Waals surface area (Å²) in [5, 5.41) is 3.83. The second-order valence-electron chi connectivity index (χ2n) is 6.91. The minimum absolute atomic E-state index is 0.776. The molecule has 0 bridgehead atoms. The molecule has 3 aliphatic rings. The van der Waals surface area contributed by atoms with Crippen molar-refractivity contribution >= 4 is 0 Å². The molecule has 0 spiro atoms. The van der Waals surface area contributed by atoms with E-state index in [1.54, 1.807) is 0 Å². The summed E-state index contributed by atoms with van der Waals surface area (Å²) in [5.41, 5.74) is 0. The molecule has 2 heterocycles. The van der Waals surface area contributed by atoms with Crippen molar-refractivity contribution in [2.75, 3.05) is 19.6 Å². The Bertz CT molecular complexity index is 422. The SMILES string of the molecule is c1cn(CCCN2CC(C3CC3)NCC2C2CC2)cn1. The molecule has 0 amide bonds. The van der Waals surface area contributed by atoms with Gasteiger partial charge in [0.15, 0.2) is 0 Å². The number of rotatable bonds is 6. The molecule has 1 N–H and O–H groups in total. The van der Waals surface area contributed by atoms with Crippen LogP contribution in [0.2, 0.25) is 0 Å². The van der Waals surface area contributed by atoms with E-state index in [2.05, 4.69) is 26.0 Å². The maximum absolute atomic E-state index is 4.12. The molecule has 20 heavy (non-hydrogen) atoms. The fourth-order valence-electron chi connectivity index (χ4n) is 3.75. The molecule has 2 atom stereocenters. The summed E-state index contributed by atoms with van der Waals surface area (Å²) in [4.78, 5) is 6.92. The number of hydrogen-bond acceptors (Lipinski definition) is 3. The zero-order valence-electron chi connectivity index (χ0n) is 12.2. The van der Waals surface area contributed by atoms with Crippen molar-refractivity contribution in [2.24, 2.45) is 11.8 Å². The van der Waals surface area contributed by atoms with Crippen molar-refractivity contribution < 1.29 is 0 Å². The molecule has 0 aromatic carbocycles. The molecule has 1 aromatic heterocycles. The first-order chi connectivity index (χ1) is 9.90. The summed E-state index contributed by atoms with van der Waals surface area (Å²) in [6, 6.07) is 1.59. The first kappa shape index (κ1) is 12.8. The third kappa shape index (κ3) is 2.91. The van der Waals surface area contributed by atoms with Crippen molar-refractivity contribution in [3.05, 3.63) is 18.7 Å². The predicted octanol–water partition coefficient (Wildman–Crippen LogP) is 1.74.